The molecule has 1 N–H and O–H groups in total. The summed E-state index contributed by atoms with van der Waals surface area (Å²) in [5, 5.41) is 8.36. The number of nitrogens with zero attached hydrogens (tertiary/aromatic N) is 4. The third-order valence-corrected chi connectivity index (χ3v) is 7.76. The lowest BCUT2D eigenvalue weighted by Gasteiger charge is -2.23. The smallest absolute Gasteiger partial charge is 0.271 e. The summed E-state index contributed by atoms with van der Waals surface area (Å²) < 4.78 is 35.5. The van der Waals surface area contributed by atoms with Gasteiger partial charge >= 0.3 is 0 Å². The second kappa shape index (κ2) is 9.20. The number of nitrogens with one attached hydrogen (secondary N) is 1. The van der Waals surface area contributed by atoms with Crippen LogP contribution in [0.4, 0.5) is 0 Å². The molecule has 0 saturated carbocycles. The van der Waals surface area contributed by atoms with Crippen LogP contribution in [0.1, 0.15) is 36.8 Å². The van der Waals surface area contributed by atoms with Crippen LogP contribution in [0.3, 0.4) is 0 Å². The lowest BCUT2D eigenvalue weighted by Crippen LogP contribution is -2.40. The van der Waals surface area contributed by atoms with E-state index < -0.39 is 10.0 Å². The minimum absolute atomic E-state index is 0.206. The molecule has 0 spiro atoms. The first-order valence-electron chi connectivity index (χ1n) is 11.1. The third kappa shape index (κ3) is 4.64. The van der Waals surface area contributed by atoms with Crippen LogP contribution in [-0.4, -0.2) is 53.9 Å². The Labute approximate surface area is 193 Å². The van der Waals surface area contributed by atoms with Crippen molar-refractivity contribution in [2.75, 3.05) is 19.6 Å². The molecule has 0 aliphatic carbocycles. The van der Waals surface area contributed by atoms with E-state index in [-0.39, 0.29) is 16.5 Å². The van der Waals surface area contributed by atoms with Crippen LogP contribution in [-0.2, 0) is 10.0 Å². The molecule has 0 bridgehead atoms. The van der Waals surface area contributed by atoms with Gasteiger partial charge in [0.15, 0.2) is 5.76 Å². The number of likely N-dealkylation sites (tertiary alicyclic amines) is 1. The third-order valence-electron chi connectivity index (χ3n) is 6.20. The highest BCUT2D eigenvalue weighted by Gasteiger charge is 2.26. The van der Waals surface area contributed by atoms with Gasteiger partial charge in [0, 0.05) is 24.2 Å². The molecule has 0 radical (unpaired) electrons. The van der Waals surface area contributed by atoms with Gasteiger partial charge in [-0.05, 0) is 64.4 Å². The Morgan fingerprint density at radius 1 is 1.18 bits per heavy atom. The van der Waals surface area contributed by atoms with E-state index in [1.54, 1.807) is 45.0 Å². The predicted octanol–water partition coefficient (Wildman–Crippen LogP) is 2.58. The summed E-state index contributed by atoms with van der Waals surface area (Å²) >= 11 is 0. The number of sulfonamides is 1. The largest absolute Gasteiger partial charge is 0.359 e. The van der Waals surface area contributed by atoms with E-state index in [9.17, 15) is 13.2 Å². The Bertz CT molecular complexity index is 1310. The molecule has 4 rings (SSSR count). The van der Waals surface area contributed by atoms with Gasteiger partial charge in [0.05, 0.1) is 10.6 Å². The standard InChI is InChI=1S/C23H29N5O4S/c1-5-27-12-6-7-19(27)14-24-33(30,31)21-13-18(9-8-15(21)2)20-10-11-22(29)28(25-20)23-16(3)26-32-17(23)4/h8-11,13,19,24H,5-7,12,14H2,1-4H3/t19-/m1/s1. The van der Waals surface area contributed by atoms with Crippen LogP contribution < -0.4 is 10.3 Å². The Morgan fingerprint density at radius 2 is 1.97 bits per heavy atom. The predicted molar refractivity (Wildman–Crippen MR) is 125 cm³/mol. The van der Waals surface area contributed by atoms with Crippen molar-refractivity contribution in [3.63, 3.8) is 0 Å². The zero-order valence-corrected chi connectivity index (χ0v) is 20.1. The average Bonchev–Trinajstić information content (AvgIpc) is 3.39. The van der Waals surface area contributed by atoms with E-state index in [4.69, 9.17) is 4.52 Å². The Kier molecular flexibility index (Phi) is 6.51. The molecule has 1 aliphatic heterocycles. The molecule has 10 heteroatoms. The van der Waals surface area contributed by atoms with Gasteiger partial charge in [-0.25, -0.2) is 13.1 Å². The first-order chi connectivity index (χ1) is 15.7. The van der Waals surface area contributed by atoms with Crippen molar-refractivity contribution in [2.45, 2.75) is 51.5 Å². The first-order valence-corrected chi connectivity index (χ1v) is 12.6. The molecule has 1 saturated heterocycles. The van der Waals surface area contributed by atoms with Crippen molar-refractivity contribution in [3.8, 4) is 16.9 Å². The fourth-order valence-electron chi connectivity index (χ4n) is 4.38. The van der Waals surface area contributed by atoms with Gasteiger partial charge in [0.25, 0.3) is 5.56 Å². The van der Waals surface area contributed by atoms with E-state index in [1.807, 2.05) is 0 Å². The van der Waals surface area contributed by atoms with Gasteiger partial charge in [-0.2, -0.15) is 9.78 Å². The number of hydrogen-bond donors (Lipinski definition) is 1. The summed E-state index contributed by atoms with van der Waals surface area (Å²) in [6.07, 6.45) is 2.07. The van der Waals surface area contributed by atoms with Crippen molar-refractivity contribution in [2.24, 2.45) is 0 Å². The van der Waals surface area contributed by atoms with Crippen LogP contribution in [0.15, 0.2) is 44.5 Å². The molecule has 9 nitrogen and oxygen atoms in total. The van der Waals surface area contributed by atoms with Crippen molar-refractivity contribution in [3.05, 3.63) is 57.7 Å². The maximum Gasteiger partial charge on any atom is 0.271 e. The van der Waals surface area contributed by atoms with Crippen LogP contribution in [0, 0.1) is 20.8 Å². The van der Waals surface area contributed by atoms with Gasteiger partial charge in [0.2, 0.25) is 10.0 Å². The Morgan fingerprint density at radius 3 is 2.67 bits per heavy atom. The second-order valence-corrected chi connectivity index (χ2v) is 10.1. The summed E-state index contributed by atoms with van der Waals surface area (Å²) in [5.74, 6) is 0.476. The molecular weight excluding hydrogens is 442 g/mol. The Balaban J connectivity index is 1.66. The highest BCUT2D eigenvalue weighted by Crippen LogP contribution is 2.25. The number of rotatable bonds is 7. The molecule has 176 valence electrons. The van der Waals surface area contributed by atoms with Crippen molar-refractivity contribution >= 4 is 10.0 Å². The maximum absolute atomic E-state index is 13.2. The summed E-state index contributed by atoms with van der Waals surface area (Å²) in [5.41, 5.74) is 2.41. The number of likely N-dealkylation sites (N-methyl/N-ethyl adjacent to an activating group) is 1. The minimum atomic E-state index is -3.71. The lowest BCUT2D eigenvalue weighted by atomic mass is 10.1. The van der Waals surface area contributed by atoms with Crippen molar-refractivity contribution in [1.82, 2.24) is 24.6 Å². The van der Waals surface area contributed by atoms with E-state index in [1.165, 1.54) is 10.7 Å². The van der Waals surface area contributed by atoms with Crippen LogP contribution >= 0.6 is 0 Å². The zero-order chi connectivity index (χ0) is 23.8. The van der Waals surface area contributed by atoms with E-state index >= 15 is 0 Å². The van der Waals surface area contributed by atoms with Crippen LogP contribution in [0.25, 0.3) is 16.9 Å². The molecular formula is C23H29N5O4S. The fraction of sp³-hybridized carbons (Fsp3) is 0.435. The SMILES string of the molecule is CCN1CCC[C@@H]1CNS(=O)(=O)c1cc(-c2ccc(=O)n(-c3c(C)noc3C)n2)ccc1C. The van der Waals surface area contributed by atoms with Gasteiger partial charge in [-0.15, -0.1) is 0 Å². The van der Waals surface area contributed by atoms with E-state index in [2.05, 4.69) is 26.8 Å². The highest BCUT2D eigenvalue weighted by molar-refractivity contribution is 7.89. The topological polar surface area (TPSA) is 110 Å². The monoisotopic (exact) mass is 471 g/mol. The summed E-state index contributed by atoms with van der Waals surface area (Å²) in [6, 6.07) is 8.37. The van der Waals surface area contributed by atoms with Crippen molar-refractivity contribution in [1.29, 1.82) is 0 Å². The molecule has 3 aromatic rings. The number of aromatic nitrogens is 3. The van der Waals surface area contributed by atoms with Gasteiger partial charge in [0.1, 0.15) is 11.4 Å². The molecule has 0 unspecified atom stereocenters. The maximum atomic E-state index is 13.2. The second-order valence-electron chi connectivity index (χ2n) is 8.40. The molecule has 3 heterocycles. The zero-order valence-electron chi connectivity index (χ0n) is 19.3. The number of benzene rings is 1. The molecule has 1 atom stereocenters. The summed E-state index contributed by atoms with van der Waals surface area (Å²) in [4.78, 5) is 15.0. The minimum Gasteiger partial charge on any atom is -0.359 e. The quantitative estimate of drug-likeness (QED) is 0.564. The normalized spacial score (nSPS) is 17.0. The van der Waals surface area contributed by atoms with E-state index in [0.717, 1.165) is 25.9 Å². The average molecular weight is 472 g/mol. The Hall–Kier alpha value is -2.82. The number of hydrogen-bond acceptors (Lipinski definition) is 7. The van der Waals surface area contributed by atoms with Crippen LogP contribution in [0.2, 0.25) is 0 Å². The summed E-state index contributed by atoms with van der Waals surface area (Å²) in [7, 11) is -3.71. The summed E-state index contributed by atoms with van der Waals surface area (Å²) in [6.45, 7) is 9.60. The first kappa shape index (κ1) is 23.3. The van der Waals surface area contributed by atoms with Crippen molar-refractivity contribution < 1.29 is 12.9 Å². The lowest BCUT2D eigenvalue weighted by molar-refractivity contribution is 0.268. The highest BCUT2D eigenvalue weighted by atomic mass is 32.2. The molecule has 1 aromatic carbocycles. The fourth-order valence-corrected chi connectivity index (χ4v) is 5.72. The molecule has 2 aromatic heterocycles. The van der Waals surface area contributed by atoms with Gasteiger partial charge in [-0.3, -0.25) is 9.69 Å². The van der Waals surface area contributed by atoms with Gasteiger partial charge in [-0.1, -0.05) is 24.2 Å². The molecule has 1 aliphatic rings. The number of aryl methyl sites for hydroxylation is 3. The van der Waals surface area contributed by atoms with E-state index in [0.29, 0.717) is 40.5 Å². The molecule has 1 fully saturated rings. The molecule has 0 amide bonds. The molecule has 33 heavy (non-hydrogen) atoms. The van der Waals surface area contributed by atoms with Gasteiger partial charge < -0.3 is 4.52 Å². The van der Waals surface area contributed by atoms with Crippen LogP contribution in [0.5, 0.6) is 0 Å².